The second kappa shape index (κ2) is 17.0. The number of benzene rings is 2. The van der Waals surface area contributed by atoms with Gasteiger partial charge in [-0.15, -0.1) is 0 Å². The largest absolute Gasteiger partial charge is 0.480 e. The summed E-state index contributed by atoms with van der Waals surface area (Å²) in [5, 5.41) is 14.8. The van der Waals surface area contributed by atoms with E-state index in [0.29, 0.717) is 32.2 Å². The van der Waals surface area contributed by atoms with E-state index in [1.54, 1.807) is 13.8 Å². The van der Waals surface area contributed by atoms with Gasteiger partial charge in [-0.05, 0) is 62.3 Å². The van der Waals surface area contributed by atoms with Gasteiger partial charge in [0.25, 0.3) is 0 Å². The Bertz CT molecular complexity index is 1060. The zero-order valence-electron chi connectivity index (χ0n) is 22.9. The van der Waals surface area contributed by atoms with Crippen LogP contribution in [0.4, 0.5) is 0 Å². The third kappa shape index (κ3) is 11.7. The van der Waals surface area contributed by atoms with Gasteiger partial charge >= 0.3 is 11.9 Å². The minimum atomic E-state index is -1.11. The number of carbonyl (C=O) groups excluding carboxylic acids is 3. The number of ether oxygens (including phenoxy) is 1. The number of rotatable bonds is 17. The maximum absolute atomic E-state index is 12.8. The molecule has 0 aliphatic carbocycles. The molecule has 0 fully saturated rings. The van der Waals surface area contributed by atoms with E-state index in [-0.39, 0.29) is 43.8 Å². The molecule has 0 aliphatic heterocycles. The molecule has 2 aromatic rings. The van der Waals surface area contributed by atoms with Gasteiger partial charge in [0.2, 0.25) is 11.8 Å². The number of carboxylic acids is 1. The van der Waals surface area contributed by atoms with Gasteiger partial charge in [0.1, 0.15) is 6.04 Å². The van der Waals surface area contributed by atoms with Crippen LogP contribution in [-0.4, -0.2) is 54.1 Å². The number of aliphatic carboxylic acids is 1. The van der Waals surface area contributed by atoms with Crippen LogP contribution in [0.15, 0.2) is 54.6 Å². The Balaban J connectivity index is 1.99. The number of carbonyl (C=O) groups is 4. The predicted octanol–water partition coefficient (Wildman–Crippen LogP) is 3.45. The van der Waals surface area contributed by atoms with Crippen molar-refractivity contribution in [1.29, 1.82) is 0 Å². The van der Waals surface area contributed by atoms with Crippen LogP contribution in [0.25, 0.3) is 11.1 Å². The lowest BCUT2D eigenvalue weighted by molar-refractivity contribution is -0.148. The summed E-state index contributed by atoms with van der Waals surface area (Å²) in [6.07, 6.45) is 2.17. The Labute approximate surface area is 230 Å². The highest BCUT2D eigenvalue weighted by Gasteiger charge is 2.23. The van der Waals surface area contributed by atoms with Crippen LogP contribution >= 0.6 is 0 Å². The maximum atomic E-state index is 12.8. The lowest BCUT2D eigenvalue weighted by atomic mass is 9.94. The molecular formula is C30H41N3O6. The molecule has 2 rings (SSSR count). The first kappa shape index (κ1) is 31.5. The molecular weight excluding hydrogens is 498 g/mol. The first-order valence-electron chi connectivity index (χ1n) is 13.6. The summed E-state index contributed by atoms with van der Waals surface area (Å²) in [6.45, 7) is 4.24. The van der Waals surface area contributed by atoms with Crippen molar-refractivity contribution >= 4 is 23.8 Å². The normalized spacial score (nSPS) is 13.1. The topological polar surface area (TPSA) is 148 Å². The lowest BCUT2D eigenvalue weighted by Crippen LogP contribution is -2.42. The summed E-state index contributed by atoms with van der Waals surface area (Å²) in [6, 6.07) is 16.7. The van der Waals surface area contributed by atoms with Crippen molar-refractivity contribution in [1.82, 2.24) is 10.6 Å². The van der Waals surface area contributed by atoms with Gasteiger partial charge in [0.05, 0.1) is 12.5 Å². The van der Waals surface area contributed by atoms with Gasteiger partial charge < -0.3 is 26.2 Å². The van der Waals surface area contributed by atoms with E-state index in [9.17, 15) is 24.3 Å². The molecule has 5 N–H and O–H groups in total. The van der Waals surface area contributed by atoms with Gasteiger partial charge in [0.15, 0.2) is 0 Å². The molecule has 0 aromatic heterocycles. The predicted molar refractivity (Wildman–Crippen MR) is 150 cm³/mol. The quantitative estimate of drug-likeness (QED) is 0.178. The third-order valence-corrected chi connectivity index (χ3v) is 6.39. The van der Waals surface area contributed by atoms with E-state index < -0.39 is 23.8 Å². The minimum Gasteiger partial charge on any atom is -0.480 e. The van der Waals surface area contributed by atoms with E-state index in [1.807, 2.05) is 54.6 Å². The van der Waals surface area contributed by atoms with Gasteiger partial charge in [-0.25, -0.2) is 4.79 Å². The smallest absolute Gasteiger partial charge is 0.326 e. The van der Waals surface area contributed by atoms with Crippen LogP contribution in [0.3, 0.4) is 0 Å². The van der Waals surface area contributed by atoms with E-state index in [2.05, 4.69) is 10.6 Å². The summed E-state index contributed by atoms with van der Waals surface area (Å²) in [7, 11) is 0. The van der Waals surface area contributed by atoms with E-state index in [1.165, 1.54) is 0 Å². The lowest BCUT2D eigenvalue weighted by Gasteiger charge is -2.22. The molecule has 0 saturated carbocycles. The molecule has 0 radical (unpaired) electrons. The van der Waals surface area contributed by atoms with Crippen molar-refractivity contribution in [2.45, 2.75) is 70.9 Å². The Morgan fingerprint density at radius 1 is 0.897 bits per heavy atom. The van der Waals surface area contributed by atoms with Crippen molar-refractivity contribution in [3.63, 3.8) is 0 Å². The maximum Gasteiger partial charge on any atom is 0.326 e. The summed E-state index contributed by atoms with van der Waals surface area (Å²) < 4.78 is 5.14. The molecule has 0 spiro atoms. The fraction of sp³-hybridized carbons (Fsp3) is 0.467. The van der Waals surface area contributed by atoms with E-state index >= 15 is 0 Å². The second-order valence-corrected chi connectivity index (χ2v) is 9.66. The van der Waals surface area contributed by atoms with Crippen LogP contribution in [0, 0.1) is 5.92 Å². The van der Waals surface area contributed by atoms with Gasteiger partial charge in [-0.3, -0.25) is 14.4 Å². The third-order valence-electron chi connectivity index (χ3n) is 6.39. The molecule has 2 aromatic carbocycles. The Morgan fingerprint density at radius 3 is 2.10 bits per heavy atom. The van der Waals surface area contributed by atoms with Gasteiger partial charge in [0, 0.05) is 18.9 Å². The molecule has 212 valence electrons. The average Bonchev–Trinajstić information content (AvgIpc) is 2.92. The number of hydrogen-bond donors (Lipinski definition) is 4. The molecule has 3 atom stereocenters. The first-order chi connectivity index (χ1) is 18.7. The molecule has 0 unspecified atom stereocenters. The summed E-state index contributed by atoms with van der Waals surface area (Å²) >= 11 is 0. The highest BCUT2D eigenvalue weighted by Crippen LogP contribution is 2.21. The van der Waals surface area contributed by atoms with Crippen LogP contribution in [0.5, 0.6) is 0 Å². The highest BCUT2D eigenvalue weighted by molar-refractivity contribution is 5.87. The molecule has 9 heteroatoms. The van der Waals surface area contributed by atoms with E-state index in [4.69, 9.17) is 10.5 Å². The summed E-state index contributed by atoms with van der Waals surface area (Å²) in [5.41, 5.74) is 8.63. The molecule has 0 heterocycles. The van der Waals surface area contributed by atoms with Crippen LogP contribution in [0.1, 0.15) is 57.9 Å². The standard InChI is InChI=1S/C30H41N3O6/c1-3-39-30(38)21(2)19-25(20-22-12-14-24(15-13-22)23-9-5-4-6-10-23)32-27(34)16-17-28(35)33-26(29(36)37)11-7-8-18-31/h4-6,9-10,12-15,21,25-26H,3,7-8,11,16-20,31H2,1-2H3,(H,32,34)(H,33,35)(H,36,37)/t21-,25+,26+/m1/s1. The monoisotopic (exact) mass is 539 g/mol. The Hall–Kier alpha value is -3.72. The molecule has 39 heavy (non-hydrogen) atoms. The fourth-order valence-electron chi connectivity index (χ4n) is 4.29. The van der Waals surface area contributed by atoms with Crippen molar-refractivity contribution in [2.24, 2.45) is 11.7 Å². The van der Waals surface area contributed by atoms with Crippen molar-refractivity contribution in [2.75, 3.05) is 13.2 Å². The number of nitrogens with one attached hydrogen (secondary N) is 2. The molecule has 0 saturated heterocycles. The van der Waals surface area contributed by atoms with Crippen molar-refractivity contribution in [3.8, 4) is 11.1 Å². The van der Waals surface area contributed by atoms with E-state index in [0.717, 1.165) is 16.7 Å². The first-order valence-corrected chi connectivity index (χ1v) is 13.6. The molecule has 0 aliphatic rings. The average molecular weight is 540 g/mol. The van der Waals surface area contributed by atoms with Gasteiger partial charge in [-0.2, -0.15) is 0 Å². The van der Waals surface area contributed by atoms with Crippen LogP contribution in [-0.2, 0) is 30.3 Å². The molecule has 2 amide bonds. The molecule has 9 nitrogen and oxygen atoms in total. The highest BCUT2D eigenvalue weighted by atomic mass is 16.5. The SMILES string of the molecule is CCOC(=O)[C@H](C)C[C@@H](Cc1ccc(-c2ccccc2)cc1)NC(=O)CCC(=O)N[C@@H](CCCCN)C(=O)O. The van der Waals surface area contributed by atoms with Crippen molar-refractivity contribution in [3.05, 3.63) is 60.2 Å². The Morgan fingerprint density at radius 2 is 1.51 bits per heavy atom. The number of amides is 2. The number of hydrogen-bond acceptors (Lipinski definition) is 6. The van der Waals surface area contributed by atoms with Crippen molar-refractivity contribution < 1.29 is 29.0 Å². The minimum absolute atomic E-state index is 0.0990. The Kier molecular flexibility index (Phi) is 13.7. The van der Waals surface area contributed by atoms with Crippen LogP contribution < -0.4 is 16.4 Å². The molecule has 0 bridgehead atoms. The number of esters is 1. The zero-order valence-corrected chi connectivity index (χ0v) is 22.9. The summed E-state index contributed by atoms with van der Waals surface area (Å²) in [4.78, 5) is 48.7. The second-order valence-electron chi connectivity index (χ2n) is 9.66. The number of nitrogens with two attached hydrogens (primary N) is 1. The summed E-state index contributed by atoms with van der Waals surface area (Å²) in [5.74, 6) is -2.71. The van der Waals surface area contributed by atoms with Crippen LogP contribution in [0.2, 0.25) is 0 Å². The number of carboxylic acid groups (broad SMARTS) is 1. The fourth-order valence-corrected chi connectivity index (χ4v) is 4.29. The van der Waals surface area contributed by atoms with Gasteiger partial charge in [-0.1, -0.05) is 61.5 Å². The number of unbranched alkanes of at least 4 members (excludes halogenated alkanes) is 1. The zero-order chi connectivity index (χ0) is 28.6.